The number of aromatic nitrogens is 1. The summed E-state index contributed by atoms with van der Waals surface area (Å²) in [5.74, 6) is 1.67. The Hall–Kier alpha value is -1.97. The van der Waals surface area contributed by atoms with Crippen molar-refractivity contribution in [1.29, 1.82) is 0 Å². The molecule has 0 aliphatic heterocycles. The van der Waals surface area contributed by atoms with Gasteiger partial charge in [-0.15, -0.1) is 0 Å². The molecule has 0 amide bonds. The zero-order chi connectivity index (χ0) is 12.4. The van der Waals surface area contributed by atoms with Crippen molar-refractivity contribution < 1.29 is 9.15 Å². The first kappa shape index (κ1) is 11.5. The van der Waals surface area contributed by atoms with Crippen molar-refractivity contribution in [3.05, 3.63) is 40.8 Å². The van der Waals surface area contributed by atoms with Gasteiger partial charge < -0.3 is 14.9 Å². The molecule has 1 heterocycles. The monoisotopic (exact) mass is 232 g/mol. The topological polar surface area (TPSA) is 61.3 Å². The lowest BCUT2D eigenvalue weighted by Gasteiger charge is -2.06. The molecular weight excluding hydrogens is 216 g/mol. The number of nitrogens with zero attached hydrogens (tertiary/aromatic N) is 1. The number of nitrogens with two attached hydrogens (primary N) is 1. The van der Waals surface area contributed by atoms with E-state index in [1.165, 1.54) is 5.56 Å². The van der Waals surface area contributed by atoms with E-state index in [4.69, 9.17) is 14.9 Å². The van der Waals surface area contributed by atoms with E-state index in [1.54, 1.807) is 7.11 Å². The number of methoxy groups -OCH3 is 1. The van der Waals surface area contributed by atoms with Crippen LogP contribution in [0.25, 0.3) is 0 Å². The SMILES string of the molecule is COc1ccc(Cc2nc(N)oc2C)cc1C. The number of hydrogen-bond acceptors (Lipinski definition) is 4. The first-order valence-electron chi connectivity index (χ1n) is 5.45. The third-order valence-corrected chi connectivity index (χ3v) is 2.74. The van der Waals surface area contributed by atoms with E-state index < -0.39 is 0 Å². The minimum atomic E-state index is 0.225. The predicted octanol–water partition coefficient (Wildman–Crippen LogP) is 2.47. The summed E-state index contributed by atoms with van der Waals surface area (Å²) < 4.78 is 10.4. The van der Waals surface area contributed by atoms with Crippen LogP contribution < -0.4 is 10.5 Å². The number of hydrogen-bond donors (Lipinski definition) is 1. The molecule has 90 valence electrons. The molecule has 4 nitrogen and oxygen atoms in total. The molecule has 0 atom stereocenters. The molecule has 4 heteroatoms. The Balaban J connectivity index is 2.24. The first-order valence-corrected chi connectivity index (χ1v) is 5.45. The van der Waals surface area contributed by atoms with Gasteiger partial charge in [0.1, 0.15) is 11.5 Å². The van der Waals surface area contributed by atoms with Crippen LogP contribution in [0.2, 0.25) is 0 Å². The molecule has 0 saturated heterocycles. The fourth-order valence-corrected chi connectivity index (χ4v) is 1.86. The number of oxazole rings is 1. The molecular formula is C13H16N2O2. The van der Waals surface area contributed by atoms with Crippen LogP contribution >= 0.6 is 0 Å². The van der Waals surface area contributed by atoms with Crippen LogP contribution in [0.4, 0.5) is 6.01 Å². The van der Waals surface area contributed by atoms with E-state index in [0.717, 1.165) is 29.2 Å². The maximum atomic E-state index is 5.51. The van der Waals surface area contributed by atoms with Crippen molar-refractivity contribution in [2.24, 2.45) is 0 Å². The van der Waals surface area contributed by atoms with Gasteiger partial charge in [0, 0.05) is 6.42 Å². The molecule has 0 saturated carbocycles. The van der Waals surface area contributed by atoms with Crippen LogP contribution in [0, 0.1) is 13.8 Å². The van der Waals surface area contributed by atoms with Crippen molar-refractivity contribution in [2.45, 2.75) is 20.3 Å². The molecule has 0 unspecified atom stereocenters. The first-order chi connectivity index (χ1) is 8.10. The molecule has 0 radical (unpaired) electrons. The molecule has 2 aromatic rings. The summed E-state index contributed by atoms with van der Waals surface area (Å²) in [5, 5.41) is 0. The molecule has 1 aromatic heterocycles. The molecule has 2 N–H and O–H groups in total. The smallest absolute Gasteiger partial charge is 0.292 e. The fourth-order valence-electron chi connectivity index (χ4n) is 1.86. The van der Waals surface area contributed by atoms with Gasteiger partial charge in [0.2, 0.25) is 0 Å². The fraction of sp³-hybridized carbons (Fsp3) is 0.308. The zero-order valence-electron chi connectivity index (χ0n) is 10.3. The highest BCUT2D eigenvalue weighted by atomic mass is 16.5. The number of rotatable bonds is 3. The molecule has 17 heavy (non-hydrogen) atoms. The molecule has 0 bridgehead atoms. The van der Waals surface area contributed by atoms with Crippen molar-refractivity contribution in [3.63, 3.8) is 0 Å². The van der Waals surface area contributed by atoms with E-state index in [1.807, 2.05) is 26.0 Å². The summed E-state index contributed by atoms with van der Waals surface area (Å²) in [7, 11) is 1.67. The average molecular weight is 232 g/mol. The van der Waals surface area contributed by atoms with Crippen LogP contribution in [-0.4, -0.2) is 12.1 Å². The van der Waals surface area contributed by atoms with Gasteiger partial charge in [0.25, 0.3) is 6.01 Å². The summed E-state index contributed by atoms with van der Waals surface area (Å²) in [5.41, 5.74) is 8.67. The summed E-state index contributed by atoms with van der Waals surface area (Å²) in [6.45, 7) is 3.89. The Labute approximate surface area is 100 Å². The van der Waals surface area contributed by atoms with Crippen LogP contribution in [-0.2, 0) is 6.42 Å². The number of nitrogen functional groups attached to an aromatic ring is 1. The summed E-state index contributed by atoms with van der Waals surface area (Å²) in [6.07, 6.45) is 0.720. The second-order valence-corrected chi connectivity index (χ2v) is 4.04. The normalized spacial score (nSPS) is 10.5. The van der Waals surface area contributed by atoms with Crippen molar-refractivity contribution in [3.8, 4) is 5.75 Å². The molecule has 2 rings (SSSR count). The lowest BCUT2D eigenvalue weighted by molar-refractivity contribution is 0.411. The highest BCUT2D eigenvalue weighted by molar-refractivity contribution is 5.38. The Morgan fingerprint density at radius 2 is 2.12 bits per heavy atom. The van der Waals surface area contributed by atoms with E-state index in [0.29, 0.717) is 0 Å². The van der Waals surface area contributed by atoms with Crippen LogP contribution in [0.5, 0.6) is 5.75 Å². The maximum Gasteiger partial charge on any atom is 0.292 e. The highest BCUT2D eigenvalue weighted by Crippen LogP contribution is 2.21. The summed E-state index contributed by atoms with van der Waals surface area (Å²) in [6, 6.07) is 6.30. The van der Waals surface area contributed by atoms with E-state index in [2.05, 4.69) is 11.1 Å². The molecule has 0 aliphatic rings. The third kappa shape index (κ3) is 2.41. The predicted molar refractivity (Wildman–Crippen MR) is 66.2 cm³/mol. The van der Waals surface area contributed by atoms with Crippen LogP contribution in [0.15, 0.2) is 22.6 Å². The second kappa shape index (κ2) is 4.49. The van der Waals surface area contributed by atoms with Gasteiger partial charge in [0.15, 0.2) is 0 Å². The Morgan fingerprint density at radius 3 is 2.65 bits per heavy atom. The molecule has 1 aromatic carbocycles. The largest absolute Gasteiger partial charge is 0.496 e. The Bertz CT molecular complexity index is 532. The lowest BCUT2D eigenvalue weighted by atomic mass is 10.1. The van der Waals surface area contributed by atoms with Gasteiger partial charge in [0.05, 0.1) is 12.8 Å². The van der Waals surface area contributed by atoms with Crippen molar-refractivity contribution in [1.82, 2.24) is 4.98 Å². The van der Waals surface area contributed by atoms with Crippen LogP contribution in [0.3, 0.4) is 0 Å². The van der Waals surface area contributed by atoms with Gasteiger partial charge in [-0.2, -0.15) is 4.98 Å². The molecule has 0 fully saturated rings. The van der Waals surface area contributed by atoms with Gasteiger partial charge >= 0.3 is 0 Å². The van der Waals surface area contributed by atoms with E-state index >= 15 is 0 Å². The molecule has 0 spiro atoms. The zero-order valence-corrected chi connectivity index (χ0v) is 10.3. The number of benzene rings is 1. The Kier molecular flexibility index (Phi) is 3.04. The minimum absolute atomic E-state index is 0.225. The van der Waals surface area contributed by atoms with E-state index in [9.17, 15) is 0 Å². The van der Waals surface area contributed by atoms with E-state index in [-0.39, 0.29) is 6.01 Å². The van der Waals surface area contributed by atoms with Gasteiger partial charge in [-0.3, -0.25) is 0 Å². The quantitative estimate of drug-likeness (QED) is 0.883. The minimum Gasteiger partial charge on any atom is -0.496 e. The molecule has 0 aliphatic carbocycles. The van der Waals surface area contributed by atoms with Crippen molar-refractivity contribution >= 4 is 6.01 Å². The number of ether oxygens (including phenoxy) is 1. The lowest BCUT2D eigenvalue weighted by Crippen LogP contribution is -1.94. The van der Waals surface area contributed by atoms with Gasteiger partial charge in [-0.1, -0.05) is 12.1 Å². The number of aryl methyl sites for hydroxylation is 2. The standard InChI is InChI=1S/C13H16N2O2/c1-8-6-10(4-5-12(8)16-3)7-11-9(2)17-13(14)15-11/h4-6H,7H2,1-3H3,(H2,14,15). The summed E-state index contributed by atoms with van der Waals surface area (Å²) >= 11 is 0. The van der Waals surface area contributed by atoms with Gasteiger partial charge in [-0.05, 0) is 31.0 Å². The van der Waals surface area contributed by atoms with Crippen molar-refractivity contribution in [2.75, 3.05) is 12.8 Å². The average Bonchev–Trinajstić information content (AvgIpc) is 2.58. The number of anilines is 1. The summed E-state index contributed by atoms with van der Waals surface area (Å²) in [4.78, 5) is 4.16. The third-order valence-electron chi connectivity index (χ3n) is 2.74. The van der Waals surface area contributed by atoms with Gasteiger partial charge in [-0.25, -0.2) is 0 Å². The maximum absolute atomic E-state index is 5.51. The van der Waals surface area contributed by atoms with Crippen LogP contribution in [0.1, 0.15) is 22.6 Å². The highest BCUT2D eigenvalue weighted by Gasteiger charge is 2.08. The second-order valence-electron chi connectivity index (χ2n) is 4.04. The Morgan fingerprint density at radius 1 is 1.35 bits per heavy atom.